The second-order valence-corrected chi connectivity index (χ2v) is 10.1. The van der Waals surface area contributed by atoms with E-state index in [0.29, 0.717) is 19.3 Å². The summed E-state index contributed by atoms with van der Waals surface area (Å²) in [7, 11) is 7.30. The number of rotatable bonds is 6. The van der Waals surface area contributed by atoms with Gasteiger partial charge >= 0.3 is 0 Å². The molecule has 10 unspecified atom stereocenters. The van der Waals surface area contributed by atoms with Crippen molar-refractivity contribution in [1.29, 1.82) is 0 Å². The van der Waals surface area contributed by atoms with Crippen molar-refractivity contribution in [3.8, 4) is 0 Å². The molecule has 1 saturated heterocycles. The number of hydrogen-bond donors (Lipinski definition) is 4. The van der Waals surface area contributed by atoms with Gasteiger partial charge in [0, 0.05) is 73.4 Å². The maximum atomic E-state index is 14.5. The van der Waals surface area contributed by atoms with Gasteiger partial charge in [0.25, 0.3) is 0 Å². The van der Waals surface area contributed by atoms with Crippen molar-refractivity contribution < 1.29 is 59.2 Å². The minimum absolute atomic E-state index is 0. The summed E-state index contributed by atoms with van der Waals surface area (Å²) in [4.78, 5) is 1.75. The Kier molecular flexibility index (Phi) is 9.22. The van der Waals surface area contributed by atoms with Gasteiger partial charge in [0.1, 0.15) is 24.1 Å². The first kappa shape index (κ1) is 27.7. The predicted octanol–water partition coefficient (Wildman–Crippen LogP) is 2.16. The monoisotopic (exact) mass is 696 g/mol. The van der Waals surface area contributed by atoms with Crippen LogP contribution >= 0.6 is 0 Å². The molecule has 0 aromatic carbocycles. The van der Waals surface area contributed by atoms with Crippen molar-refractivity contribution in [3.63, 3.8) is 0 Å². The van der Waals surface area contributed by atoms with E-state index in [4.69, 9.17) is 4.74 Å². The van der Waals surface area contributed by atoms with Gasteiger partial charge < -0.3 is 25.6 Å². The summed E-state index contributed by atoms with van der Waals surface area (Å²) in [5, 5.41) is 27.7. The molecule has 2 fully saturated rings. The van der Waals surface area contributed by atoms with Crippen LogP contribution < -0.4 is 10.6 Å². The molecule has 6 nitrogen and oxygen atoms in total. The number of aliphatic hydroxyl groups is 2. The van der Waals surface area contributed by atoms with Crippen LogP contribution in [0.25, 0.3) is 0 Å². The number of aliphatic hydroxyl groups excluding tert-OH is 2. The molecule has 1 heterocycles. The molecule has 0 aromatic rings. The van der Waals surface area contributed by atoms with Gasteiger partial charge in [-0.2, -0.15) is 0 Å². The first-order chi connectivity index (χ1) is 15.1. The van der Waals surface area contributed by atoms with E-state index in [1.165, 1.54) is 6.08 Å². The zero-order valence-electron chi connectivity index (χ0n) is 19.3. The third-order valence-electron chi connectivity index (χ3n) is 7.75. The quantitative estimate of drug-likeness (QED) is 0.252. The van der Waals surface area contributed by atoms with E-state index < -0.39 is 42.1 Å². The van der Waals surface area contributed by atoms with Gasteiger partial charge in [0.15, 0.2) is 0 Å². The third kappa shape index (κ3) is 5.59. The molecule has 33 heavy (non-hydrogen) atoms. The van der Waals surface area contributed by atoms with E-state index in [0.717, 1.165) is 0 Å². The fourth-order valence-electron chi connectivity index (χ4n) is 5.98. The number of alkyl halides is 1. The van der Waals surface area contributed by atoms with E-state index in [9.17, 15) is 23.4 Å². The minimum atomic E-state index is -1.51. The molecule has 3 aliphatic carbocycles. The molecule has 4 N–H and O–H groups in total. The minimum Gasteiger partial charge on any atom is -0.448 e. The number of ether oxygens (including phenoxy) is 1. The smallest absolute Gasteiger partial charge is 0.127 e. The van der Waals surface area contributed by atoms with Crippen LogP contribution in [0.2, 0.25) is 0 Å². The van der Waals surface area contributed by atoms with Crippen LogP contribution in [0.5, 0.6) is 0 Å². The SMILES string of the molecule is [CH2-]NC1CC(O)C2CC(C(O)N(C)C)C[C@@H](C(C)NC3C=C(F)C4C(F)=C4C(F)C3)C2O1.[U]. The largest absolute Gasteiger partial charge is 0.448 e. The van der Waals surface area contributed by atoms with Crippen LogP contribution in [-0.2, 0) is 4.74 Å². The second kappa shape index (κ2) is 11.0. The van der Waals surface area contributed by atoms with E-state index in [1.54, 1.807) is 4.90 Å². The third-order valence-corrected chi connectivity index (χ3v) is 7.75. The number of nitrogens with one attached hydrogen (secondary N) is 2. The van der Waals surface area contributed by atoms with Crippen LogP contribution in [-0.4, -0.2) is 72.1 Å². The summed E-state index contributed by atoms with van der Waals surface area (Å²) in [6.07, 6.45) is -0.546. The van der Waals surface area contributed by atoms with Gasteiger partial charge in [-0.25, -0.2) is 13.2 Å². The van der Waals surface area contributed by atoms with Crippen LogP contribution in [0.4, 0.5) is 13.2 Å². The Balaban J connectivity index is 0.00000306. The maximum Gasteiger partial charge on any atom is 0.127 e. The molecule has 4 rings (SSSR count). The molecule has 0 spiro atoms. The van der Waals surface area contributed by atoms with E-state index >= 15 is 0 Å². The Hall–Kier alpha value is 0.0819. The van der Waals surface area contributed by atoms with Crippen LogP contribution in [0, 0.1) is 61.8 Å². The van der Waals surface area contributed by atoms with Crippen LogP contribution in [0.1, 0.15) is 32.6 Å². The fraction of sp³-hybridized carbons (Fsp3) is 0.783. The summed E-state index contributed by atoms with van der Waals surface area (Å²) < 4.78 is 48.7. The Morgan fingerprint density at radius 2 is 1.91 bits per heavy atom. The molecule has 0 bridgehead atoms. The Morgan fingerprint density at radius 1 is 1.21 bits per heavy atom. The van der Waals surface area contributed by atoms with Crippen molar-refractivity contribution in [1.82, 2.24) is 15.5 Å². The first-order valence-corrected chi connectivity index (χ1v) is 11.5. The van der Waals surface area contributed by atoms with Crippen LogP contribution in [0.3, 0.4) is 0 Å². The second-order valence-electron chi connectivity index (χ2n) is 10.1. The summed E-state index contributed by atoms with van der Waals surface area (Å²) in [6, 6.07) is -0.800. The summed E-state index contributed by atoms with van der Waals surface area (Å²) in [5.41, 5.74) is -0.0642. The van der Waals surface area contributed by atoms with E-state index in [1.807, 2.05) is 21.0 Å². The normalized spacial score (nSPS) is 42.5. The standard InChI is InChI=1S/C23H35F3N3O3.U/c1-10(28-12-7-15(24)19-20(21(19)26)16(25)8-12)13-5-11(23(31)29(3)4)6-14-17(30)9-18(27-2)32-22(13)14;/h7,10-14,16-19,22-23,27-28,30-31H,2,5-6,8-9H2,1,3-4H3;/q-1;/t10?,11?,12?,13-,14?,16?,17?,18?,19?,22?,23?;/m0./s1. The van der Waals surface area contributed by atoms with Crippen LogP contribution in [0.15, 0.2) is 23.3 Å². The zero-order chi connectivity index (χ0) is 23.3. The number of hydrogen-bond acceptors (Lipinski definition) is 6. The van der Waals surface area contributed by atoms with Gasteiger partial charge in [0.2, 0.25) is 0 Å². The molecule has 4 aliphatic rings. The molecule has 11 atom stereocenters. The number of nitrogens with zero attached hydrogens (tertiary/aromatic N) is 1. The van der Waals surface area contributed by atoms with Crippen molar-refractivity contribution in [3.05, 3.63) is 30.4 Å². The molecule has 1 saturated carbocycles. The van der Waals surface area contributed by atoms with E-state index in [2.05, 4.69) is 17.7 Å². The van der Waals surface area contributed by atoms with Crippen molar-refractivity contribution in [2.45, 2.75) is 75.5 Å². The number of halogens is 3. The molecule has 186 valence electrons. The summed E-state index contributed by atoms with van der Waals surface area (Å²) in [5.74, 6) is -2.77. The summed E-state index contributed by atoms with van der Waals surface area (Å²) in [6.45, 7) is 1.94. The van der Waals surface area contributed by atoms with Gasteiger partial charge in [-0.1, -0.05) is 0 Å². The molecule has 0 aromatic heterocycles. The average molecular weight is 697 g/mol. The molecular formula is C23H35F3N3O3U-. The maximum absolute atomic E-state index is 14.5. The van der Waals surface area contributed by atoms with Crippen molar-refractivity contribution in [2.75, 3.05) is 14.1 Å². The predicted molar refractivity (Wildman–Crippen MR) is 114 cm³/mol. The Bertz CT molecular complexity index is 770. The topological polar surface area (TPSA) is 77.0 Å². The number of allylic oxidation sites excluding steroid dienone is 3. The first-order valence-electron chi connectivity index (χ1n) is 11.5. The fourth-order valence-corrected chi connectivity index (χ4v) is 5.98. The van der Waals surface area contributed by atoms with Gasteiger partial charge in [-0.3, -0.25) is 11.9 Å². The van der Waals surface area contributed by atoms with Gasteiger partial charge in [-0.05, 0) is 45.9 Å². The Morgan fingerprint density at radius 3 is 2.55 bits per heavy atom. The molecule has 10 heteroatoms. The van der Waals surface area contributed by atoms with E-state index in [-0.39, 0.29) is 79.2 Å². The molecular weight excluding hydrogens is 661 g/mol. The van der Waals surface area contributed by atoms with Crippen molar-refractivity contribution >= 4 is 0 Å². The Labute approximate surface area is 217 Å². The molecule has 1 aliphatic heterocycles. The number of fused-ring (bicyclic) bond motifs is 2. The summed E-state index contributed by atoms with van der Waals surface area (Å²) >= 11 is 0. The van der Waals surface area contributed by atoms with Crippen molar-refractivity contribution in [2.24, 2.45) is 23.7 Å². The van der Waals surface area contributed by atoms with Gasteiger partial charge in [0.05, 0.1) is 24.4 Å². The molecule has 0 radical (unpaired) electrons. The zero-order valence-corrected chi connectivity index (χ0v) is 23.5. The average Bonchev–Trinajstić information content (AvgIpc) is 3.45. The van der Waals surface area contributed by atoms with Gasteiger partial charge in [-0.15, -0.1) is 0 Å². The molecule has 0 amide bonds.